The van der Waals surface area contributed by atoms with Crippen LogP contribution in [0.3, 0.4) is 0 Å². The molecule has 0 aliphatic heterocycles. The maximum atomic E-state index is 6.12. The molecule has 0 fully saturated rings. The number of halogens is 3. The first kappa shape index (κ1) is 15.2. The van der Waals surface area contributed by atoms with E-state index in [0.717, 1.165) is 5.69 Å². The summed E-state index contributed by atoms with van der Waals surface area (Å²) in [6.07, 6.45) is 1.58. The molecule has 0 saturated heterocycles. The standard InChI is InChI=1S/C15H10Cl3N3O/c16-12-7-6-10(13(17)14(12)18)8-22-15-19-9-21(20-15)11-4-2-1-3-5-11/h1-7,9H,8H2. The van der Waals surface area contributed by atoms with Gasteiger partial charge in [0.25, 0.3) is 0 Å². The SMILES string of the molecule is Clc1ccc(COc2ncn(-c3ccccc3)n2)c(Cl)c1Cl. The molecular formula is C15H10Cl3N3O. The molecule has 0 amide bonds. The largest absolute Gasteiger partial charge is 0.457 e. The minimum Gasteiger partial charge on any atom is -0.457 e. The van der Waals surface area contributed by atoms with Crippen molar-refractivity contribution in [2.45, 2.75) is 6.61 Å². The number of rotatable bonds is 4. The predicted octanol–water partition coefficient (Wildman–Crippen LogP) is 4.81. The number of hydrogen-bond donors (Lipinski definition) is 0. The molecule has 3 rings (SSSR count). The summed E-state index contributed by atoms with van der Waals surface area (Å²) in [7, 11) is 0. The third-order valence-corrected chi connectivity index (χ3v) is 4.30. The highest BCUT2D eigenvalue weighted by atomic mass is 35.5. The first-order valence-electron chi connectivity index (χ1n) is 6.37. The van der Waals surface area contributed by atoms with Gasteiger partial charge in [0.2, 0.25) is 0 Å². The fourth-order valence-electron chi connectivity index (χ4n) is 1.84. The lowest BCUT2D eigenvalue weighted by molar-refractivity contribution is 0.281. The second-order valence-corrected chi connectivity index (χ2v) is 5.59. The van der Waals surface area contributed by atoms with Crippen molar-refractivity contribution < 1.29 is 4.74 Å². The third-order valence-electron chi connectivity index (χ3n) is 2.96. The van der Waals surface area contributed by atoms with E-state index in [9.17, 15) is 0 Å². The van der Waals surface area contributed by atoms with Crippen LogP contribution in [0.25, 0.3) is 5.69 Å². The lowest BCUT2D eigenvalue weighted by Gasteiger charge is -2.07. The maximum absolute atomic E-state index is 6.12. The first-order valence-corrected chi connectivity index (χ1v) is 7.51. The van der Waals surface area contributed by atoms with Gasteiger partial charge in [0, 0.05) is 5.56 Å². The molecule has 22 heavy (non-hydrogen) atoms. The molecule has 0 radical (unpaired) electrons. The van der Waals surface area contributed by atoms with Crippen LogP contribution < -0.4 is 4.74 Å². The first-order chi connectivity index (χ1) is 10.6. The van der Waals surface area contributed by atoms with Crippen LogP contribution in [-0.4, -0.2) is 14.8 Å². The smallest absolute Gasteiger partial charge is 0.336 e. The molecule has 3 aromatic rings. The zero-order valence-electron chi connectivity index (χ0n) is 11.2. The van der Waals surface area contributed by atoms with Gasteiger partial charge in [-0.2, -0.15) is 4.98 Å². The number of nitrogens with zero attached hydrogens (tertiary/aromatic N) is 3. The van der Waals surface area contributed by atoms with Crippen molar-refractivity contribution in [2.75, 3.05) is 0 Å². The van der Waals surface area contributed by atoms with Crippen molar-refractivity contribution in [3.63, 3.8) is 0 Å². The molecule has 1 heterocycles. The van der Waals surface area contributed by atoms with Gasteiger partial charge in [-0.05, 0) is 18.2 Å². The van der Waals surface area contributed by atoms with Gasteiger partial charge >= 0.3 is 6.01 Å². The van der Waals surface area contributed by atoms with Crippen LogP contribution in [-0.2, 0) is 6.61 Å². The topological polar surface area (TPSA) is 39.9 Å². The fraction of sp³-hybridized carbons (Fsp3) is 0.0667. The highest BCUT2D eigenvalue weighted by Crippen LogP contribution is 2.32. The average Bonchev–Trinajstić information content (AvgIpc) is 3.02. The van der Waals surface area contributed by atoms with Gasteiger partial charge in [0.1, 0.15) is 12.9 Å². The Labute approximate surface area is 142 Å². The van der Waals surface area contributed by atoms with Crippen molar-refractivity contribution >= 4 is 34.8 Å². The Bertz CT molecular complexity index is 790. The molecule has 0 unspecified atom stereocenters. The molecule has 0 aliphatic rings. The van der Waals surface area contributed by atoms with Crippen LogP contribution in [0.4, 0.5) is 0 Å². The Kier molecular flexibility index (Phi) is 4.52. The Morgan fingerprint density at radius 2 is 1.73 bits per heavy atom. The zero-order chi connectivity index (χ0) is 15.5. The number of benzene rings is 2. The fourth-order valence-corrected chi connectivity index (χ4v) is 2.45. The highest BCUT2D eigenvalue weighted by molar-refractivity contribution is 6.48. The normalized spacial score (nSPS) is 10.7. The van der Waals surface area contributed by atoms with E-state index in [-0.39, 0.29) is 12.6 Å². The lowest BCUT2D eigenvalue weighted by atomic mass is 10.2. The Morgan fingerprint density at radius 1 is 0.955 bits per heavy atom. The molecule has 0 aliphatic carbocycles. The Morgan fingerprint density at radius 3 is 2.50 bits per heavy atom. The van der Waals surface area contributed by atoms with E-state index in [1.807, 2.05) is 30.3 Å². The summed E-state index contributed by atoms with van der Waals surface area (Å²) in [5.41, 5.74) is 1.62. The van der Waals surface area contributed by atoms with E-state index in [1.54, 1.807) is 23.1 Å². The number of aromatic nitrogens is 3. The van der Waals surface area contributed by atoms with Gasteiger partial charge in [-0.3, -0.25) is 0 Å². The van der Waals surface area contributed by atoms with Crippen LogP contribution in [0, 0.1) is 0 Å². The molecule has 7 heteroatoms. The van der Waals surface area contributed by atoms with E-state index in [0.29, 0.717) is 20.6 Å². The van der Waals surface area contributed by atoms with Gasteiger partial charge < -0.3 is 4.74 Å². The Balaban J connectivity index is 1.73. The van der Waals surface area contributed by atoms with E-state index >= 15 is 0 Å². The number of para-hydroxylation sites is 1. The minimum absolute atomic E-state index is 0.203. The van der Waals surface area contributed by atoms with Crippen LogP contribution in [0.5, 0.6) is 6.01 Å². The van der Waals surface area contributed by atoms with E-state index < -0.39 is 0 Å². The summed E-state index contributed by atoms with van der Waals surface area (Å²) in [6.45, 7) is 0.203. The van der Waals surface area contributed by atoms with E-state index in [4.69, 9.17) is 39.5 Å². The molecular weight excluding hydrogens is 345 g/mol. The maximum Gasteiger partial charge on any atom is 0.336 e. The summed E-state index contributed by atoms with van der Waals surface area (Å²) in [6, 6.07) is 13.3. The van der Waals surface area contributed by atoms with Crippen LogP contribution in [0.2, 0.25) is 15.1 Å². The third kappa shape index (κ3) is 3.19. The lowest BCUT2D eigenvalue weighted by Crippen LogP contribution is -1.99. The average molecular weight is 355 g/mol. The monoisotopic (exact) mass is 353 g/mol. The van der Waals surface area contributed by atoms with Crippen LogP contribution >= 0.6 is 34.8 Å². The highest BCUT2D eigenvalue weighted by Gasteiger charge is 2.10. The van der Waals surface area contributed by atoms with E-state index in [2.05, 4.69) is 10.1 Å². The zero-order valence-corrected chi connectivity index (χ0v) is 13.5. The number of ether oxygens (including phenoxy) is 1. The molecule has 2 aromatic carbocycles. The van der Waals surface area contributed by atoms with E-state index in [1.165, 1.54) is 0 Å². The second kappa shape index (κ2) is 6.57. The molecule has 0 spiro atoms. The van der Waals surface area contributed by atoms with Gasteiger partial charge in [-0.15, -0.1) is 5.10 Å². The van der Waals surface area contributed by atoms with Crippen LogP contribution in [0.15, 0.2) is 48.8 Å². The van der Waals surface area contributed by atoms with Gasteiger partial charge in [0.05, 0.1) is 20.8 Å². The van der Waals surface area contributed by atoms with Crippen molar-refractivity contribution in [1.29, 1.82) is 0 Å². The molecule has 112 valence electrons. The summed E-state index contributed by atoms with van der Waals surface area (Å²) >= 11 is 18.0. The second-order valence-electron chi connectivity index (χ2n) is 4.43. The Hall–Kier alpha value is -1.75. The number of hydrogen-bond acceptors (Lipinski definition) is 3. The quantitative estimate of drug-likeness (QED) is 0.631. The van der Waals surface area contributed by atoms with Crippen molar-refractivity contribution in [3.8, 4) is 11.7 Å². The summed E-state index contributed by atoms with van der Waals surface area (Å²) in [5.74, 6) is 0. The van der Waals surface area contributed by atoms with Crippen LogP contribution in [0.1, 0.15) is 5.56 Å². The van der Waals surface area contributed by atoms with Crippen molar-refractivity contribution in [2.24, 2.45) is 0 Å². The molecule has 4 nitrogen and oxygen atoms in total. The summed E-state index contributed by atoms with van der Waals surface area (Å²) < 4.78 is 7.17. The molecule has 0 N–H and O–H groups in total. The molecule has 0 atom stereocenters. The van der Waals surface area contributed by atoms with Crippen molar-refractivity contribution in [1.82, 2.24) is 14.8 Å². The van der Waals surface area contributed by atoms with Gasteiger partial charge in [-0.1, -0.05) is 59.1 Å². The summed E-state index contributed by atoms with van der Waals surface area (Å²) in [4.78, 5) is 4.10. The molecule has 0 bridgehead atoms. The molecule has 0 saturated carbocycles. The predicted molar refractivity (Wildman–Crippen MR) is 87.2 cm³/mol. The van der Waals surface area contributed by atoms with Crippen molar-refractivity contribution in [3.05, 3.63) is 69.4 Å². The summed E-state index contributed by atoms with van der Waals surface area (Å²) in [5, 5.41) is 5.34. The molecule has 1 aromatic heterocycles. The van der Waals surface area contributed by atoms with Gasteiger partial charge in [-0.25, -0.2) is 4.68 Å². The van der Waals surface area contributed by atoms with Gasteiger partial charge in [0.15, 0.2) is 0 Å². The minimum atomic E-state index is 0.203.